The normalized spacial score (nSPS) is 14.7. The Morgan fingerprint density at radius 2 is 1.67 bits per heavy atom. The van der Waals surface area contributed by atoms with Gasteiger partial charge in [-0.25, -0.2) is 0 Å². The van der Waals surface area contributed by atoms with Gasteiger partial charge in [0.1, 0.15) is 12.5 Å². The Balaban J connectivity index is 0.000000250. The second-order valence-electron chi connectivity index (χ2n) is 0.723. The maximum absolute atomic E-state index is 4.54. The Bertz CT molecular complexity index is 46.8. The van der Waals surface area contributed by atoms with Crippen LogP contribution < -0.4 is 0 Å². The molecule has 34 valence electrons. The summed E-state index contributed by atoms with van der Waals surface area (Å²) in [6.07, 6.45) is 3.03. The van der Waals surface area contributed by atoms with E-state index in [9.17, 15) is 0 Å². The van der Waals surface area contributed by atoms with Crippen LogP contribution in [0.2, 0.25) is 0 Å². The molecule has 0 bridgehead atoms. The smallest absolute Gasteiger partial charge is 0.229 e. The van der Waals surface area contributed by atoms with Crippen LogP contribution in [0.4, 0.5) is 0 Å². The van der Waals surface area contributed by atoms with E-state index < -0.39 is 0 Å². The molecule has 1 aliphatic heterocycles. The Morgan fingerprint density at radius 3 is 1.83 bits per heavy atom. The molecule has 0 radical (unpaired) electrons. The lowest BCUT2D eigenvalue weighted by Crippen LogP contribution is -1.75. The van der Waals surface area contributed by atoms with Gasteiger partial charge < -0.3 is 9.47 Å². The molecule has 3 heteroatoms. The summed E-state index contributed by atoms with van der Waals surface area (Å²) in [6.45, 7) is 0.389. The summed E-state index contributed by atoms with van der Waals surface area (Å²) < 4.78 is 9.08. The van der Waals surface area contributed by atoms with Gasteiger partial charge in [-0.2, -0.15) is 0 Å². The monoisotopic (exact) mass is 86.1 g/mol. The molecule has 0 unspecified atom stereocenters. The van der Waals surface area contributed by atoms with E-state index in [1.807, 2.05) is 0 Å². The molecule has 0 saturated carbocycles. The van der Waals surface area contributed by atoms with Crippen molar-refractivity contribution in [3.63, 3.8) is 0 Å². The molecule has 0 aromatic heterocycles. The van der Waals surface area contributed by atoms with Crippen LogP contribution in [-0.4, -0.2) is 15.2 Å². The Labute approximate surface area is 38.3 Å². The molecule has 1 aliphatic rings. The third-order valence-electron chi connectivity index (χ3n) is 0.384. The Kier molecular flexibility index (Phi) is 2.37. The van der Waals surface area contributed by atoms with Crippen LogP contribution in [-0.2, 0) is 9.47 Å². The third-order valence-corrected chi connectivity index (χ3v) is 0.384. The van der Waals surface area contributed by atoms with Gasteiger partial charge in [0.05, 0.1) is 8.41 Å². The molecule has 0 saturated heterocycles. The van der Waals surface area contributed by atoms with Gasteiger partial charge in [0, 0.05) is 0 Å². The van der Waals surface area contributed by atoms with Crippen molar-refractivity contribution < 1.29 is 9.47 Å². The van der Waals surface area contributed by atoms with Crippen molar-refractivity contribution in [2.45, 2.75) is 0 Å². The quantitative estimate of drug-likeness (QED) is 0.362. The predicted molar refractivity (Wildman–Crippen MR) is 26.1 cm³/mol. The molecule has 0 amide bonds. The van der Waals surface area contributed by atoms with Crippen molar-refractivity contribution >= 4 is 8.41 Å². The van der Waals surface area contributed by atoms with Gasteiger partial charge in [-0.1, -0.05) is 0 Å². The zero-order valence-corrected chi connectivity index (χ0v) is 2.68. The topological polar surface area (TPSA) is 18.5 Å². The van der Waals surface area contributed by atoms with E-state index in [0.29, 0.717) is 6.79 Å². The second-order valence-corrected chi connectivity index (χ2v) is 0.723. The van der Waals surface area contributed by atoms with Crippen LogP contribution in [0.15, 0.2) is 12.5 Å². The molecule has 0 spiro atoms. The molecule has 0 aromatic rings. The fraction of sp³-hybridized carbons (Fsp3) is 0.333. The molecular weight excluding hydrogens is 78.8 g/mol. The summed E-state index contributed by atoms with van der Waals surface area (Å²) in [5.74, 6) is 0. The van der Waals surface area contributed by atoms with Gasteiger partial charge in [-0.3, -0.25) is 0 Å². The molecule has 1 rings (SSSR count). The first kappa shape index (κ1) is 5.40. The van der Waals surface area contributed by atoms with Crippen molar-refractivity contribution in [2.75, 3.05) is 6.79 Å². The molecule has 0 aliphatic carbocycles. The average Bonchev–Trinajstić information content (AvgIpc) is 1.76. The highest BCUT2D eigenvalue weighted by Crippen LogP contribution is 1.88. The van der Waals surface area contributed by atoms with Crippen LogP contribution in [0.25, 0.3) is 0 Å². The minimum atomic E-state index is 0. The zero-order chi connectivity index (χ0) is 3.54. The minimum Gasteiger partial charge on any atom is -0.462 e. The first-order valence-electron chi connectivity index (χ1n) is 1.38. The number of ether oxygens (including phenoxy) is 2. The highest BCUT2D eigenvalue weighted by molar-refractivity contribution is 5.75. The SMILES string of the molecule is B.C1=COCO1. The predicted octanol–water partition coefficient (Wildman–Crippen LogP) is -0.722. The molecule has 0 atom stereocenters. The van der Waals surface area contributed by atoms with Crippen molar-refractivity contribution in [1.29, 1.82) is 0 Å². The number of hydrogen-bond donors (Lipinski definition) is 0. The molecule has 6 heavy (non-hydrogen) atoms. The highest BCUT2D eigenvalue weighted by atomic mass is 16.7. The van der Waals surface area contributed by atoms with Crippen molar-refractivity contribution in [1.82, 2.24) is 0 Å². The van der Waals surface area contributed by atoms with Crippen LogP contribution in [0.5, 0.6) is 0 Å². The molecule has 0 N–H and O–H groups in total. The van der Waals surface area contributed by atoms with E-state index in [2.05, 4.69) is 9.47 Å². The first-order chi connectivity index (χ1) is 2.50. The lowest BCUT2D eigenvalue weighted by molar-refractivity contribution is 0.0920. The molecule has 0 fully saturated rings. The van der Waals surface area contributed by atoms with Crippen LogP contribution >= 0.6 is 0 Å². The van der Waals surface area contributed by atoms with Gasteiger partial charge in [-0.05, 0) is 0 Å². The molecular formula is C3H7BO2. The maximum atomic E-state index is 4.54. The third kappa shape index (κ3) is 1.01. The van der Waals surface area contributed by atoms with E-state index in [-0.39, 0.29) is 8.41 Å². The van der Waals surface area contributed by atoms with Gasteiger partial charge in [-0.15, -0.1) is 0 Å². The first-order valence-corrected chi connectivity index (χ1v) is 1.38. The van der Waals surface area contributed by atoms with Gasteiger partial charge in [0.15, 0.2) is 0 Å². The van der Waals surface area contributed by atoms with E-state index >= 15 is 0 Å². The van der Waals surface area contributed by atoms with Gasteiger partial charge in [0.25, 0.3) is 0 Å². The fourth-order valence-corrected chi connectivity index (χ4v) is 0.196. The lowest BCUT2D eigenvalue weighted by atomic mass is 10.8. The van der Waals surface area contributed by atoms with E-state index in [1.54, 1.807) is 0 Å². The summed E-state index contributed by atoms with van der Waals surface area (Å²) in [5, 5.41) is 0. The van der Waals surface area contributed by atoms with Gasteiger partial charge >= 0.3 is 0 Å². The average molecular weight is 85.9 g/mol. The largest absolute Gasteiger partial charge is 0.462 e. The van der Waals surface area contributed by atoms with Crippen LogP contribution in [0.3, 0.4) is 0 Å². The standard InChI is InChI=1S/C3H4O2.BH3/c1-2-5-3-4-1;/h1-2H,3H2;1H3. The van der Waals surface area contributed by atoms with E-state index in [0.717, 1.165) is 0 Å². The molecule has 1 heterocycles. The lowest BCUT2D eigenvalue weighted by Gasteiger charge is -1.82. The Morgan fingerprint density at radius 1 is 1.17 bits per heavy atom. The number of hydrogen-bond acceptors (Lipinski definition) is 2. The van der Waals surface area contributed by atoms with Crippen LogP contribution in [0, 0.1) is 0 Å². The van der Waals surface area contributed by atoms with E-state index in [1.165, 1.54) is 12.5 Å². The summed E-state index contributed by atoms with van der Waals surface area (Å²) in [7, 11) is 0. The maximum Gasteiger partial charge on any atom is 0.229 e. The summed E-state index contributed by atoms with van der Waals surface area (Å²) in [4.78, 5) is 0. The van der Waals surface area contributed by atoms with Crippen molar-refractivity contribution in [3.8, 4) is 0 Å². The van der Waals surface area contributed by atoms with Gasteiger partial charge in [0.2, 0.25) is 6.79 Å². The van der Waals surface area contributed by atoms with Crippen molar-refractivity contribution in [2.24, 2.45) is 0 Å². The second kappa shape index (κ2) is 2.63. The summed E-state index contributed by atoms with van der Waals surface area (Å²) in [6, 6.07) is 0. The summed E-state index contributed by atoms with van der Waals surface area (Å²) in [5.41, 5.74) is 0. The molecule has 0 aromatic carbocycles. The fourth-order valence-electron chi connectivity index (χ4n) is 0.196. The Hall–Kier alpha value is -0.595. The van der Waals surface area contributed by atoms with Crippen molar-refractivity contribution in [3.05, 3.63) is 12.5 Å². The van der Waals surface area contributed by atoms with Crippen LogP contribution in [0.1, 0.15) is 0 Å². The molecule has 2 nitrogen and oxygen atoms in total. The summed E-state index contributed by atoms with van der Waals surface area (Å²) >= 11 is 0. The van der Waals surface area contributed by atoms with E-state index in [4.69, 9.17) is 0 Å². The minimum absolute atomic E-state index is 0. The number of rotatable bonds is 0. The zero-order valence-electron chi connectivity index (χ0n) is 2.68. The highest BCUT2D eigenvalue weighted by Gasteiger charge is 1.82.